The molecule has 0 unspecified atom stereocenters. The Morgan fingerprint density at radius 1 is 1.25 bits per heavy atom. The molecule has 1 aromatic heterocycles. The van der Waals surface area contributed by atoms with E-state index in [0.717, 1.165) is 5.39 Å². The molecule has 0 spiro atoms. The molecule has 108 valence electrons. The Hall–Kier alpha value is -1.50. The van der Waals surface area contributed by atoms with Gasteiger partial charge in [-0.15, -0.1) is 0 Å². The number of fused-ring (bicyclic) bond motifs is 1. The molecule has 5 nitrogen and oxygen atoms in total. The molecule has 2 aromatic rings. The lowest BCUT2D eigenvalue weighted by Crippen LogP contribution is -2.49. The van der Waals surface area contributed by atoms with Gasteiger partial charge in [0.2, 0.25) is 10.0 Å². The smallest absolute Gasteiger partial charge is 0.216 e. The van der Waals surface area contributed by atoms with Gasteiger partial charge in [0, 0.05) is 23.7 Å². The van der Waals surface area contributed by atoms with E-state index in [2.05, 4.69) is 9.71 Å². The van der Waals surface area contributed by atoms with Crippen LogP contribution in [0.5, 0.6) is 0 Å². The molecule has 0 aliphatic heterocycles. The first-order valence-electron chi connectivity index (χ1n) is 6.37. The molecule has 6 heteroatoms. The van der Waals surface area contributed by atoms with Crippen LogP contribution in [-0.4, -0.2) is 25.5 Å². The van der Waals surface area contributed by atoms with Crippen molar-refractivity contribution in [3.8, 4) is 0 Å². The first-order valence-corrected chi connectivity index (χ1v) is 8.02. The van der Waals surface area contributed by atoms with E-state index < -0.39 is 15.6 Å². The van der Waals surface area contributed by atoms with Crippen molar-refractivity contribution in [1.82, 2.24) is 9.71 Å². The molecule has 0 radical (unpaired) electrons. The van der Waals surface area contributed by atoms with Crippen molar-refractivity contribution >= 4 is 20.9 Å². The maximum Gasteiger partial charge on any atom is 0.216 e. The maximum atomic E-state index is 12.2. The van der Waals surface area contributed by atoms with Crippen molar-refractivity contribution < 1.29 is 8.42 Å². The van der Waals surface area contributed by atoms with Gasteiger partial charge in [0.25, 0.3) is 0 Å². The first-order chi connectivity index (χ1) is 9.33. The molecule has 3 N–H and O–H groups in total. The van der Waals surface area contributed by atoms with Crippen molar-refractivity contribution in [1.29, 1.82) is 0 Å². The molecule has 0 fully saturated rings. The van der Waals surface area contributed by atoms with Crippen LogP contribution in [0.3, 0.4) is 0 Å². The zero-order valence-electron chi connectivity index (χ0n) is 11.6. The van der Waals surface area contributed by atoms with Crippen molar-refractivity contribution in [2.75, 3.05) is 6.54 Å². The number of nitrogens with one attached hydrogen (secondary N) is 1. The molecular weight excluding hydrogens is 274 g/mol. The van der Waals surface area contributed by atoms with Crippen LogP contribution in [0.15, 0.2) is 36.5 Å². The highest BCUT2D eigenvalue weighted by atomic mass is 32.2. The fourth-order valence-corrected chi connectivity index (χ4v) is 3.63. The molecule has 0 aliphatic carbocycles. The minimum Gasteiger partial charge on any atom is -0.329 e. The van der Waals surface area contributed by atoms with Crippen molar-refractivity contribution in [3.63, 3.8) is 0 Å². The number of rotatable bonds is 5. The summed E-state index contributed by atoms with van der Waals surface area (Å²) in [5, 5.41) is 0.929. The molecule has 1 heterocycles. The summed E-state index contributed by atoms with van der Waals surface area (Å²) >= 11 is 0. The highest BCUT2D eigenvalue weighted by Gasteiger charge is 2.24. The molecule has 0 amide bonds. The minimum absolute atomic E-state index is 0.106. The van der Waals surface area contributed by atoms with E-state index in [4.69, 9.17) is 5.73 Å². The Morgan fingerprint density at radius 3 is 2.65 bits per heavy atom. The van der Waals surface area contributed by atoms with E-state index >= 15 is 0 Å². The SMILES string of the molecule is CC(C)(CN)NS(=O)(=O)Cc1cccc2cccnc12. The number of nitrogens with zero attached hydrogens (tertiary/aromatic N) is 1. The van der Waals surface area contributed by atoms with Crippen LogP contribution in [0.25, 0.3) is 10.9 Å². The summed E-state index contributed by atoms with van der Waals surface area (Å²) in [4.78, 5) is 4.27. The fraction of sp³-hybridized carbons (Fsp3) is 0.357. The minimum atomic E-state index is -3.47. The highest BCUT2D eigenvalue weighted by Crippen LogP contribution is 2.18. The number of nitrogens with two attached hydrogens (primary N) is 1. The molecule has 0 saturated heterocycles. The van der Waals surface area contributed by atoms with Crippen LogP contribution in [0, 0.1) is 0 Å². The van der Waals surface area contributed by atoms with Gasteiger partial charge in [0.15, 0.2) is 0 Å². The zero-order valence-corrected chi connectivity index (χ0v) is 12.4. The highest BCUT2D eigenvalue weighted by molar-refractivity contribution is 7.88. The molecule has 0 atom stereocenters. The first kappa shape index (κ1) is 14.9. The normalized spacial score (nSPS) is 12.8. The number of pyridine rings is 1. The predicted molar refractivity (Wildman–Crippen MR) is 80.6 cm³/mol. The largest absolute Gasteiger partial charge is 0.329 e. The van der Waals surface area contributed by atoms with E-state index in [1.807, 2.05) is 24.3 Å². The summed E-state index contributed by atoms with van der Waals surface area (Å²) in [6.45, 7) is 3.75. The Balaban J connectivity index is 2.33. The maximum absolute atomic E-state index is 12.2. The number of aromatic nitrogens is 1. The van der Waals surface area contributed by atoms with E-state index in [0.29, 0.717) is 11.1 Å². The summed E-state index contributed by atoms with van der Waals surface area (Å²) in [6, 6.07) is 9.27. The second-order valence-electron chi connectivity index (χ2n) is 5.44. The fourth-order valence-electron chi connectivity index (χ4n) is 1.99. The van der Waals surface area contributed by atoms with Crippen molar-refractivity contribution in [2.45, 2.75) is 25.1 Å². The van der Waals surface area contributed by atoms with Gasteiger partial charge in [-0.2, -0.15) is 0 Å². The zero-order chi connectivity index (χ0) is 14.8. The van der Waals surface area contributed by atoms with E-state index in [1.165, 1.54) is 0 Å². The summed E-state index contributed by atoms with van der Waals surface area (Å²) in [5.74, 6) is -0.106. The van der Waals surface area contributed by atoms with Crippen LogP contribution in [0.4, 0.5) is 0 Å². The lowest BCUT2D eigenvalue weighted by molar-refractivity contribution is 0.462. The number of benzene rings is 1. The second-order valence-corrected chi connectivity index (χ2v) is 7.16. The Kier molecular flexibility index (Phi) is 4.08. The Labute approximate surface area is 119 Å². The number of para-hydroxylation sites is 1. The molecular formula is C14H19N3O2S. The standard InChI is InChI=1S/C14H19N3O2S/c1-14(2,10-15)17-20(18,19)9-12-6-3-5-11-7-4-8-16-13(11)12/h3-8,17H,9-10,15H2,1-2H3. The van der Waals surface area contributed by atoms with Gasteiger partial charge < -0.3 is 5.73 Å². The summed E-state index contributed by atoms with van der Waals surface area (Å²) in [7, 11) is -3.47. The van der Waals surface area contributed by atoms with Gasteiger partial charge in [0.1, 0.15) is 0 Å². The van der Waals surface area contributed by atoms with Gasteiger partial charge in [-0.05, 0) is 25.5 Å². The van der Waals surface area contributed by atoms with Crippen LogP contribution in [-0.2, 0) is 15.8 Å². The third-order valence-electron chi connectivity index (χ3n) is 3.00. The molecule has 0 saturated carbocycles. The van der Waals surface area contributed by atoms with Gasteiger partial charge in [0.05, 0.1) is 11.3 Å². The second kappa shape index (κ2) is 5.47. The predicted octanol–water partition coefficient (Wildman–Crippen LogP) is 1.39. The molecule has 0 aliphatic rings. The lowest BCUT2D eigenvalue weighted by atomic mass is 10.1. The summed E-state index contributed by atoms with van der Waals surface area (Å²) in [6.07, 6.45) is 1.66. The summed E-state index contributed by atoms with van der Waals surface area (Å²) in [5.41, 5.74) is 6.30. The Morgan fingerprint density at radius 2 is 1.95 bits per heavy atom. The average Bonchev–Trinajstić information content (AvgIpc) is 2.37. The third-order valence-corrected chi connectivity index (χ3v) is 4.56. The number of hydrogen-bond donors (Lipinski definition) is 2. The van der Waals surface area contributed by atoms with Crippen LogP contribution >= 0.6 is 0 Å². The number of hydrogen-bond acceptors (Lipinski definition) is 4. The van der Waals surface area contributed by atoms with E-state index in [-0.39, 0.29) is 12.3 Å². The topological polar surface area (TPSA) is 85.1 Å². The van der Waals surface area contributed by atoms with Gasteiger partial charge in [-0.25, -0.2) is 13.1 Å². The van der Waals surface area contributed by atoms with Crippen LogP contribution in [0.2, 0.25) is 0 Å². The van der Waals surface area contributed by atoms with E-state index in [1.54, 1.807) is 26.1 Å². The monoisotopic (exact) mass is 293 g/mol. The molecule has 1 aromatic carbocycles. The van der Waals surface area contributed by atoms with Crippen molar-refractivity contribution in [3.05, 3.63) is 42.1 Å². The third kappa shape index (κ3) is 3.53. The lowest BCUT2D eigenvalue weighted by Gasteiger charge is -2.23. The Bertz CT molecular complexity index is 706. The average molecular weight is 293 g/mol. The van der Waals surface area contributed by atoms with Gasteiger partial charge in [-0.1, -0.05) is 24.3 Å². The van der Waals surface area contributed by atoms with E-state index in [9.17, 15) is 8.42 Å². The summed E-state index contributed by atoms with van der Waals surface area (Å²) < 4.78 is 27.1. The molecule has 2 rings (SSSR count). The van der Waals surface area contributed by atoms with Gasteiger partial charge in [-0.3, -0.25) is 4.98 Å². The van der Waals surface area contributed by atoms with Crippen LogP contribution in [0.1, 0.15) is 19.4 Å². The van der Waals surface area contributed by atoms with Gasteiger partial charge >= 0.3 is 0 Å². The number of sulfonamides is 1. The van der Waals surface area contributed by atoms with Crippen molar-refractivity contribution in [2.24, 2.45) is 5.73 Å². The molecule has 20 heavy (non-hydrogen) atoms. The quantitative estimate of drug-likeness (QED) is 0.872. The molecule has 0 bridgehead atoms. The van der Waals surface area contributed by atoms with Crippen LogP contribution < -0.4 is 10.5 Å².